The van der Waals surface area contributed by atoms with Gasteiger partial charge in [0.05, 0.1) is 11.7 Å². The smallest absolute Gasteiger partial charge is 0.250 e. The molecule has 2 bridgehead atoms. The van der Waals surface area contributed by atoms with Crippen molar-refractivity contribution in [2.45, 2.75) is 38.7 Å². The summed E-state index contributed by atoms with van der Waals surface area (Å²) in [6, 6.07) is 7.59. The van der Waals surface area contributed by atoms with Gasteiger partial charge in [-0.3, -0.25) is 0 Å². The van der Waals surface area contributed by atoms with Crippen LogP contribution in [-0.2, 0) is 0 Å². The molecule has 2 aromatic rings. The summed E-state index contributed by atoms with van der Waals surface area (Å²) in [6.45, 7) is 7.74. The normalized spacial score (nSPS) is 25.1. The van der Waals surface area contributed by atoms with E-state index >= 15 is 0 Å². The van der Waals surface area contributed by atoms with Gasteiger partial charge in [-0.25, -0.2) is 0 Å². The second-order valence-electron chi connectivity index (χ2n) is 7.76. The number of rotatable bonds is 4. The van der Waals surface area contributed by atoms with Crippen molar-refractivity contribution >= 4 is 23.3 Å². The fourth-order valence-electron chi connectivity index (χ4n) is 3.94. The number of hydrogen-bond acceptors (Lipinski definition) is 5. The molecule has 27 heavy (non-hydrogen) atoms. The third-order valence-electron chi connectivity index (χ3n) is 5.52. The number of hydrogen-bond donors (Lipinski definition) is 0. The molecule has 4 nitrogen and oxygen atoms in total. The number of ether oxygens (including phenoxy) is 1. The fourth-order valence-corrected chi connectivity index (χ4v) is 4.69. The van der Waals surface area contributed by atoms with Gasteiger partial charge < -0.3 is 9.64 Å². The van der Waals surface area contributed by atoms with Gasteiger partial charge in [-0.05, 0) is 50.0 Å². The average Bonchev–Trinajstić information content (AvgIpc) is 3.14. The maximum absolute atomic E-state index is 6.27. The van der Waals surface area contributed by atoms with Crippen molar-refractivity contribution < 1.29 is 4.74 Å². The summed E-state index contributed by atoms with van der Waals surface area (Å²) in [6.07, 6.45) is 2.28. The summed E-state index contributed by atoms with van der Waals surface area (Å²) in [5, 5.41) is 0.692. The van der Waals surface area contributed by atoms with E-state index in [2.05, 4.69) is 39.3 Å². The number of piperidine rings is 3. The van der Waals surface area contributed by atoms with Crippen LogP contribution in [-0.4, -0.2) is 39.4 Å². The first kappa shape index (κ1) is 18.7. The van der Waals surface area contributed by atoms with Gasteiger partial charge in [0.25, 0.3) is 5.88 Å². The Morgan fingerprint density at radius 2 is 2.07 bits per heavy atom. The molecule has 2 atom stereocenters. The molecule has 0 radical (unpaired) electrons. The van der Waals surface area contributed by atoms with E-state index in [1.54, 1.807) is 0 Å². The van der Waals surface area contributed by atoms with Crippen LogP contribution < -0.4 is 4.74 Å². The van der Waals surface area contributed by atoms with E-state index in [0.29, 0.717) is 22.7 Å². The molecule has 0 amide bonds. The number of fused-ring (bicyclic) bond motifs is 3. The molecule has 1 unspecified atom stereocenters. The maximum Gasteiger partial charge on any atom is 0.250 e. The molecule has 0 aliphatic carbocycles. The third kappa shape index (κ3) is 4.29. The molecule has 1 aromatic carbocycles. The van der Waals surface area contributed by atoms with Crippen LogP contribution in [0.1, 0.15) is 43.9 Å². The third-order valence-corrected chi connectivity index (χ3v) is 6.28. The zero-order valence-corrected chi connectivity index (χ0v) is 17.3. The molecule has 4 heterocycles. The first-order valence-corrected chi connectivity index (χ1v) is 10.7. The van der Waals surface area contributed by atoms with Crippen LogP contribution in [0.3, 0.4) is 0 Å². The lowest BCUT2D eigenvalue weighted by Crippen LogP contribution is -2.46. The van der Waals surface area contributed by atoms with E-state index in [1.807, 2.05) is 24.3 Å². The molecule has 3 saturated heterocycles. The summed E-state index contributed by atoms with van der Waals surface area (Å²) in [5.41, 5.74) is 1.93. The summed E-state index contributed by atoms with van der Waals surface area (Å²) >= 11 is 7.30. The first-order chi connectivity index (χ1) is 13.1. The number of nitrogens with zero attached hydrogens (tertiary/aromatic N) is 3. The summed E-state index contributed by atoms with van der Waals surface area (Å²) in [4.78, 5) is 2.53. The molecular formula is C21H24ClN3OS. The summed E-state index contributed by atoms with van der Waals surface area (Å²) < 4.78 is 15.4. The minimum atomic E-state index is -0.229. The van der Waals surface area contributed by atoms with E-state index in [0.717, 1.165) is 17.8 Å². The summed E-state index contributed by atoms with van der Waals surface area (Å²) in [5.74, 6) is 8.52. The van der Waals surface area contributed by atoms with Gasteiger partial charge >= 0.3 is 0 Å². The Morgan fingerprint density at radius 1 is 1.26 bits per heavy atom. The Balaban J connectivity index is 1.53. The van der Waals surface area contributed by atoms with Crippen molar-refractivity contribution in [2.24, 2.45) is 11.8 Å². The van der Waals surface area contributed by atoms with Gasteiger partial charge in [0, 0.05) is 29.0 Å². The zero-order chi connectivity index (χ0) is 18.8. The van der Waals surface area contributed by atoms with E-state index in [4.69, 9.17) is 16.3 Å². The molecule has 6 heteroatoms. The van der Waals surface area contributed by atoms with Crippen molar-refractivity contribution in [1.82, 2.24) is 13.6 Å². The topological polar surface area (TPSA) is 38.3 Å². The lowest BCUT2D eigenvalue weighted by atomic mass is 9.77. The van der Waals surface area contributed by atoms with Gasteiger partial charge in [0.1, 0.15) is 5.69 Å². The maximum atomic E-state index is 6.27. The quantitative estimate of drug-likeness (QED) is 0.709. The van der Waals surface area contributed by atoms with Gasteiger partial charge in [0.2, 0.25) is 0 Å². The molecule has 0 saturated carbocycles. The monoisotopic (exact) mass is 401 g/mol. The van der Waals surface area contributed by atoms with Crippen LogP contribution in [0.5, 0.6) is 5.88 Å². The highest BCUT2D eigenvalue weighted by atomic mass is 35.5. The van der Waals surface area contributed by atoms with Crippen molar-refractivity contribution in [3.63, 3.8) is 0 Å². The highest BCUT2D eigenvalue weighted by Crippen LogP contribution is 2.41. The molecule has 0 spiro atoms. The minimum absolute atomic E-state index is 0.229. The van der Waals surface area contributed by atoms with Gasteiger partial charge in [-0.15, -0.1) is 4.37 Å². The first-order valence-electron chi connectivity index (χ1n) is 9.58. The standard InChI is InChI=1S/C21H24ClN3OS/c1-14(2)19(7-6-15-4-3-5-17(22)12-15)26-21-20(23-27-24-21)18-13-25-10-8-16(18)9-11-25/h3-5,12,14,16,18-19H,8-11,13H2,1-2H3/t18-,19?/m1/s1. The Labute approximate surface area is 170 Å². The Hall–Kier alpha value is -1.61. The minimum Gasteiger partial charge on any atom is -0.459 e. The van der Waals surface area contributed by atoms with Crippen molar-refractivity contribution in [3.05, 3.63) is 40.5 Å². The molecule has 142 valence electrons. The van der Waals surface area contributed by atoms with Crippen molar-refractivity contribution in [1.29, 1.82) is 0 Å². The number of aromatic nitrogens is 2. The highest BCUT2D eigenvalue weighted by Gasteiger charge is 2.38. The molecule has 3 aliphatic rings. The Kier molecular flexibility index (Phi) is 5.68. The Bertz CT molecular complexity index is 848. The van der Waals surface area contributed by atoms with Crippen LogP contribution in [0.15, 0.2) is 24.3 Å². The predicted molar refractivity (Wildman–Crippen MR) is 109 cm³/mol. The largest absolute Gasteiger partial charge is 0.459 e. The molecular weight excluding hydrogens is 378 g/mol. The lowest BCUT2D eigenvalue weighted by Gasteiger charge is -2.44. The fraction of sp³-hybridized carbons (Fsp3) is 0.524. The molecule has 0 N–H and O–H groups in total. The van der Waals surface area contributed by atoms with Crippen LogP contribution >= 0.6 is 23.3 Å². The lowest BCUT2D eigenvalue weighted by molar-refractivity contribution is 0.0829. The predicted octanol–water partition coefficient (Wildman–Crippen LogP) is 4.46. The Morgan fingerprint density at radius 3 is 2.74 bits per heavy atom. The van der Waals surface area contributed by atoms with E-state index in [-0.39, 0.29) is 12.0 Å². The van der Waals surface area contributed by atoms with Gasteiger partial charge in [-0.2, -0.15) is 4.37 Å². The molecule has 3 aliphatic heterocycles. The van der Waals surface area contributed by atoms with Crippen LogP contribution in [0.2, 0.25) is 5.02 Å². The second kappa shape index (κ2) is 8.18. The average molecular weight is 402 g/mol. The van der Waals surface area contributed by atoms with Gasteiger partial charge in [0.15, 0.2) is 6.10 Å². The molecule has 5 rings (SSSR count). The van der Waals surface area contributed by atoms with E-state index in [9.17, 15) is 0 Å². The number of benzene rings is 1. The summed E-state index contributed by atoms with van der Waals surface area (Å²) in [7, 11) is 0. The number of halogens is 1. The zero-order valence-electron chi connectivity index (χ0n) is 15.7. The van der Waals surface area contributed by atoms with Crippen molar-refractivity contribution in [3.8, 4) is 17.7 Å². The second-order valence-corrected chi connectivity index (χ2v) is 8.73. The highest BCUT2D eigenvalue weighted by molar-refractivity contribution is 6.99. The SMILES string of the molecule is CC(C)C(C#Cc1cccc(Cl)c1)Oc1nsnc1[C@@H]1CN2CCC1CC2. The van der Waals surface area contributed by atoms with Gasteiger partial charge in [-0.1, -0.05) is 43.4 Å². The molecule has 3 fully saturated rings. The van der Waals surface area contributed by atoms with E-state index < -0.39 is 0 Å². The van der Waals surface area contributed by atoms with Crippen molar-refractivity contribution in [2.75, 3.05) is 19.6 Å². The van der Waals surface area contributed by atoms with Crippen LogP contribution in [0.4, 0.5) is 0 Å². The van der Waals surface area contributed by atoms with E-state index in [1.165, 1.54) is 37.7 Å². The van der Waals surface area contributed by atoms with Crippen LogP contribution in [0, 0.1) is 23.7 Å². The molecule has 1 aromatic heterocycles. The van der Waals surface area contributed by atoms with Crippen LogP contribution in [0.25, 0.3) is 0 Å².